The number of ether oxygens (including phenoxy) is 3. The summed E-state index contributed by atoms with van der Waals surface area (Å²) in [4.78, 5) is 31.0. The zero-order valence-electron chi connectivity index (χ0n) is 23.8. The number of fused-ring (bicyclic) bond motifs is 1. The first-order valence-electron chi connectivity index (χ1n) is 13.8. The molecule has 228 valence electrons. The minimum atomic E-state index is -1.52. The lowest BCUT2D eigenvalue weighted by atomic mass is 9.80. The monoisotopic (exact) mass is 616 g/mol. The summed E-state index contributed by atoms with van der Waals surface area (Å²) in [6.07, 6.45) is 1.53. The van der Waals surface area contributed by atoms with Gasteiger partial charge in [-0.05, 0) is 39.2 Å². The van der Waals surface area contributed by atoms with Gasteiger partial charge >= 0.3 is 12.1 Å². The highest BCUT2D eigenvalue weighted by Gasteiger charge is 2.54. The van der Waals surface area contributed by atoms with Crippen molar-refractivity contribution < 1.29 is 42.8 Å². The van der Waals surface area contributed by atoms with E-state index in [4.69, 9.17) is 30.9 Å². The zero-order chi connectivity index (χ0) is 31.1. The van der Waals surface area contributed by atoms with Crippen LogP contribution >= 0.6 is 11.6 Å². The largest absolute Gasteiger partial charge is 0.480 e. The molecule has 9 nitrogen and oxygen atoms in total. The average Bonchev–Trinajstić information content (AvgIpc) is 3.59. The van der Waals surface area contributed by atoms with Gasteiger partial charge in [-0.15, -0.1) is 0 Å². The Morgan fingerprint density at radius 2 is 1.93 bits per heavy atom. The van der Waals surface area contributed by atoms with Crippen LogP contribution in [-0.4, -0.2) is 63.6 Å². The Balaban J connectivity index is 1.71. The van der Waals surface area contributed by atoms with Gasteiger partial charge in [0, 0.05) is 41.9 Å². The highest BCUT2D eigenvalue weighted by atomic mass is 35.5. The van der Waals surface area contributed by atoms with Crippen LogP contribution in [0, 0.1) is 11.6 Å². The lowest BCUT2D eigenvalue weighted by molar-refractivity contribution is -0.0216. The third-order valence-electron chi connectivity index (χ3n) is 7.50. The van der Waals surface area contributed by atoms with Gasteiger partial charge in [0.2, 0.25) is 0 Å². The van der Waals surface area contributed by atoms with E-state index in [1.54, 1.807) is 37.8 Å². The molecule has 2 atom stereocenters. The summed E-state index contributed by atoms with van der Waals surface area (Å²) in [5.74, 6) is -4.22. The molecule has 0 aliphatic carbocycles. The molecule has 2 aliphatic rings. The molecule has 2 N–H and O–H groups in total. The van der Waals surface area contributed by atoms with E-state index in [9.17, 15) is 14.7 Å². The molecule has 0 radical (unpaired) electrons. The van der Waals surface area contributed by atoms with Crippen LogP contribution in [-0.2, 0) is 16.8 Å². The van der Waals surface area contributed by atoms with E-state index in [0.29, 0.717) is 24.9 Å². The Morgan fingerprint density at radius 1 is 1.21 bits per heavy atom. The first-order valence-corrected chi connectivity index (χ1v) is 14.2. The Hall–Kier alpha value is -3.96. The van der Waals surface area contributed by atoms with Crippen molar-refractivity contribution in [2.45, 2.75) is 57.3 Å². The van der Waals surface area contributed by atoms with E-state index in [2.05, 4.69) is 4.98 Å². The molecule has 0 saturated carbocycles. The van der Waals surface area contributed by atoms with Crippen molar-refractivity contribution in [2.24, 2.45) is 0 Å². The Labute approximate surface area is 252 Å². The molecule has 1 amide bonds. The number of halogens is 3. The average molecular weight is 617 g/mol. The van der Waals surface area contributed by atoms with Crippen molar-refractivity contribution in [3.63, 3.8) is 0 Å². The molecular formula is C31H31ClF2N2O7. The summed E-state index contributed by atoms with van der Waals surface area (Å²) in [5, 5.41) is 18.6. The maximum atomic E-state index is 16.0. The summed E-state index contributed by atoms with van der Waals surface area (Å²) >= 11 is 6.49. The van der Waals surface area contributed by atoms with E-state index >= 15 is 8.78 Å². The van der Waals surface area contributed by atoms with Gasteiger partial charge in [0.05, 0.1) is 23.2 Å². The van der Waals surface area contributed by atoms with E-state index in [0.717, 1.165) is 12.3 Å². The van der Waals surface area contributed by atoms with Gasteiger partial charge in [0.1, 0.15) is 23.8 Å². The lowest BCUT2D eigenvalue weighted by Crippen LogP contribution is -2.53. The molecule has 1 saturated heterocycles. The molecular weight excluding hydrogens is 586 g/mol. The van der Waals surface area contributed by atoms with Crippen molar-refractivity contribution in [1.82, 2.24) is 9.88 Å². The minimum absolute atomic E-state index is 0.000698. The topological polar surface area (TPSA) is 118 Å². The number of carbonyl (C=O) groups excluding carboxylic acids is 1. The number of amides is 1. The van der Waals surface area contributed by atoms with E-state index < -0.39 is 69.6 Å². The van der Waals surface area contributed by atoms with Gasteiger partial charge in [-0.3, -0.25) is 0 Å². The summed E-state index contributed by atoms with van der Waals surface area (Å²) in [6, 6.07) is 9.59. The van der Waals surface area contributed by atoms with Crippen molar-refractivity contribution in [1.29, 1.82) is 0 Å². The second kappa shape index (κ2) is 11.6. The third kappa shape index (κ3) is 5.59. The molecule has 1 aromatic heterocycles. The molecule has 5 rings (SSSR count). The smallest absolute Gasteiger partial charge is 0.410 e. The second-order valence-corrected chi connectivity index (χ2v) is 11.8. The number of aromatic carboxylic acids is 1. The van der Waals surface area contributed by atoms with Crippen LogP contribution in [0.5, 0.6) is 11.6 Å². The molecule has 0 unspecified atom stereocenters. The second-order valence-electron chi connectivity index (χ2n) is 11.4. The van der Waals surface area contributed by atoms with Gasteiger partial charge in [-0.1, -0.05) is 41.9 Å². The van der Waals surface area contributed by atoms with E-state index in [1.807, 2.05) is 18.2 Å². The quantitative estimate of drug-likeness (QED) is 0.333. The number of aliphatic hydroxyl groups is 1. The molecule has 3 aromatic rings. The lowest BCUT2D eigenvalue weighted by Gasteiger charge is -2.40. The van der Waals surface area contributed by atoms with Crippen molar-refractivity contribution in [2.75, 3.05) is 19.8 Å². The number of carboxylic acid groups (broad SMARTS) is 1. The molecule has 43 heavy (non-hydrogen) atoms. The Kier molecular flexibility index (Phi) is 8.24. The highest BCUT2D eigenvalue weighted by molar-refractivity contribution is 6.34. The van der Waals surface area contributed by atoms with Crippen molar-refractivity contribution in [3.05, 3.63) is 75.9 Å². The minimum Gasteiger partial charge on any atom is -0.480 e. The number of nitrogens with zero attached hydrogens (tertiary/aromatic N) is 2. The molecule has 0 bridgehead atoms. The molecule has 1 fully saturated rings. The summed E-state index contributed by atoms with van der Waals surface area (Å²) in [6.45, 7) is 4.93. The number of aromatic nitrogens is 1. The summed E-state index contributed by atoms with van der Waals surface area (Å²) in [5.41, 5.74) is -2.42. The SMILES string of the molecule is CC(C)(C)OC(=O)N1CCC[C@H]1[C@@]1(c2ccccc2)Cc2c(cc(F)c(Cl)c2-c2c(C(=O)O)cnc(OCCO)c2F)O1. The number of benzene rings is 2. The van der Waals surface area contributed by atoms with E-state index in [-0.39, 0.29) is 29.9 Å². The van der Waals surface area contributed by atoms with Gasteiger partial charge in [0.15, 0.2) is 11.4 Å². The fourth-order valence-corrected chi connectivity index (χ4v) is 6.10. The van der Waals surface area contributed by atoms with Gasteiger partial charge in [-0.2, -0.15) is 0 Å². The first kappa shape index (κ1) is 30.5. The number of hydrogen-bond acceptors (Lipinski definition) is 7. The first-order chi connectivity index (χ1) is 20.4. The van der Waals surface area contributed by atoms with Gasteiger partial charge in [-0.25, -0.2) is 23.4 Å². The maximum absolute atomic E-state index is 16.0. The van der Waals surface area contributed by atoms with Crippen LogP contribution in [0.1, 0.15) is 55.1 Å². The van der Waals surface area contributed by atoms with Crippen molar-refractivity contribution in [3.8, 4) is 22.8 Å². The fourth-order valence-electron chi connectivity index (χ4n) is 5.83. The standard InChI is InChI=1S/C31H31ClF2N2O7/c1-30(2,3)43-29(40)36-11-7-10-22(36)31(17-8-5-4-6-9-17)15-18-21(42-31)14-20(33)25(32)23(18)24-19(28(38)39)16-35-27(26(24)34)41-13-12-37/h4-6,8-9,14,16,22,37H,7,10-13,15H2,1-3H3,(H,38,39)/t22-,31-/m0/s1. The predicted molar refractivity (Wildman–Crippen MR) is 153 cm³/mol. The van der Waals surface area contributed by atoms with Gasteiger partial charge in [0.25, 0.3) is 5.88 Å². The summed E-state index contributed by atoms with van der Waals surface area (Å²) < 4.78 is 49.0. The van der Waals surface area contributed by atoms with Crippen LogP contribution < -0.4 is 9.47 Å². The fraction of sp³-hybridized carbons (Fsp3) is 0.387. The Morgan fingerprint density at radius 3 is 2.58 bits per heavy atom. The molecule has 3 heterocycles. The van der Waals surface area contributed by atoms with Gasteiger partial charge < -0.3 is 29.3 Å². The van der Waals surface area contributed by atoms with Crippen molar-refractivity contribution >= 4 is 23.7 Å². The number of carbonyl (C=O) groups is 2. The normalized spacial score (nSPS) is 19.6. The number of rotatable bonds is 7. The maximum Gasteiger partial charge on any atom is 0.410 e. The third-order valence-corrected chi connectivity index (χ3v) is 7.87. The van der Waals surface area contributed by atoms with Crippen LogP contribution in [0.4, 0.5) is 13.6 Å². The molecule has 12 heteroatoms. The predicted octanol–water partition coefficient (Wildman–Crippen LogP) is 5.98. The number of hydrogen-bond donors (Lipinski definition) is 2. The molecule has 2 aliphatic heterocycles. The zero-order valence-corrected chi connectivity index (χ0v) is 24.6. The van der Waals surface area contributed by atoms with Crippen LogP contribution in [0.2, 0.25) is 5.02 Å². The number of aliphatic hydroxyl groups excluding tert-OH is 1. The van der Waals surface area contributed by atoms with Crippen LogP contribution in [0.15, 0.2) is 42.6 Å². The number of pyridine rings is 1. The number of carboxylic acids is 1. The Bertz CT molecular complexity index is 1560. The molecule has 2 aromatic carbocycles. The van der Waals surface area contributed by atoms with Crippen LogP contribution in [0.25, 0.3) is 11.1 Å². The highest BCUT2D eigenvalue weighted by Crippen LogP contribution is 2.53. The molecule has 0 spiro atoms. The summed E-state index contributed by atoms with van der Waals surface area (Å²) in [7, 11) is 0. The van der Waals surface area contributed by atoms with E-state index in [1.165, 1.54) is 0 Å². The number of likely N-dealkylation sites (tertiary alicyclic amines) is 1. The van der Waals surface area contributed by atoms with Crippen LogP contribution in [0.3, 0.4) is 0 Å².